The molecule has 146 valence electrons. The molecule has 0 saturated carbocycles. The van der Waals surface area contributed by atoms with Gasteiger partial charge in [0.15, 0.2) is 0 Å². The first-order valence-electron chi connectivity index (χ1n) is 9.98. The number of urea groups is 1. The number of hydrogen-bond acceptors (Lipinski definition) is 3. The van der Waals surface area contributed by atoms with Gasteiger partial charge in [0, 0.05) is 32.6 Å². The van der Waals surface area contributed by atoms with Crippen molar-refractivity contribution in [2.24, 2.45) is 0 Å². The van der Waals surface area contributed by atoms with Gasteiger partial charge in [0.1, 0.15) is 0 Å². The highest BCUT2D eigenvalue weighted by Gasteiger charge is 2.27. The topological polar surface area (TPSA) is 79.3 Å². The first-order chi connectivity index (χ1) is 13.2. The van der Waals surface area contributed by atoms with E-state index < -0.39 is 0 Å². The predicted molar refractivity (Wildman–Crippen MR) is 107 cm³/mol. The van der Waals surface area contributed by atoms with Crippen LogP contribution in [0.2, 0.25) is 0 Å². The van der Waals surface area contributed by atoms with Crippen LogP contribution in [0, 0.1) is 0 Å². The van der Waals surface area contributed by atoms with Gasteiger partial charge in [-0.05, 0) is 31.4 Å². The summed E-state index contributed by atoms with van der Waals surface area (Å²) in [7, 11) is 0. The number of unbranched alkanes of at least 4 members (excludes halogenated alkanes) is 3. The molecule has 27 heavy (non-hydrogen) atoms. The van der Waals surface area contributed by atoms with Crippen LogP contribution < -0.4 is 15.5 Å². The average Bonchev–Trinajstić information content (AvgIpc) is 3.23. The van der Waals surface area contributed by atoms with Crippen molar-refractivity contribution >= 4 is 28.9 Å². The number of hydrogen-bond donors (Lipinski definition) is 2. The van der Waals surface area contributed by atoms with Crippen LogP contribution in [0.25, 0.3) is 11.0 Å². The second kappa shape index (κ2) is 9.39. The maximum atomic E-state index is 12.5. The second-order valence-corrected chi connectivity index (χ2v) is 6.95. The molecule has 7 heteroatoms. The number of carbonyl (C=O) groups is 2. The van der Waals surface area contributed by atoms with Crippen molar-refractivity contribution < 1.29 is 9.59 Å². The SMILES string of the molecule is CCCCNC(=O)CCCCCNC(=O)N1CCn2c1nc1ccccc12. The Morgan fingerprint density at radius 1 is 1.04 bits per heavy atom. The Morgan fingerprint density at radius 2 is 1.85 bits per heavy atom. The minimum atomic E-state index is -0.0960. The molecule has 0 atom stereocenters. The number of aromatic nitrogens is 2. The van der Waals surface area contributed by atoms with Crippen molar-refractivity contribution in [1.82, 2.24) is 20.2 Å². The number of nitrogens with zero attached hydrogens (tertiary/aromatic N) is 3. The van der Waals surface area contributed by atoms with Crippen molar-refractivity contribution in [2.45, 2.75) is 52.0 Å². The third kappa shape index (κ3) is 4.78. The summed E-state index contributed by atoms with van der Waals surface area (Å²) in [6.45, 7) is 4.92. The molecule has 1 aromatic carbocycles. The minimum Gasteiger partial charge on any atom is -0.356 e. The summed E-state index contributed by atoms with van der Waals surface area (Å²) in [6, 6.07) is 7.85. The fraction of sp³-hybridized carbons (Fsp3) is 0.550. The second-order valence-electron chi connectivity index (χ2n) is 6.95. The summed E-state index contributed by atoms with van der Waals surface area (Å²) in [5.74, 6) is 0.848. The fourth-order valence-corrected chi connectivity index (χ4v) is 3.35. The Hall–Kier alpha value is -2.57. The lowest BCUT2D eigenvalue weighted by molar-refractivity contribution is -0.121. The van der Waals surface area contributed by atoms with Gasteiger partial charge in [0.2, 0.25) is 11.9 Å². The molecule has 0 fully saturated rings. The lowest BCUT2D eigenvalue weighted by Crippen LogP contribution is -2.39. The molecular formula is C20H29N5O2. The van der Waals surface area contributed by atoms with Gasteiger partial charge in [-0.15, -0.1) is 0 Å². The molecule has 0 aliphatic carbocycles. The van der Waals surface area contributed by atoms with Crippen LogP contribution in [-0.2, 0) is 11.3 Å². The van der Waals surface area contributed by atoms with Gasteiger partial charge in [-0.1, -0.05) is 31.9 Å². The molecule has 0 unspecified atom stereocenters. The normalized spacial score (nSPS) is 13.0. The number of para-hydroxylation sites is 2. The number of anilines is 1. The highest BCUT2D eigenvalue weighted by atomic mass is 16.2. The third-order valence-corrected chi connectivity index (χ3v) is 4.88. The largest absolute Gasteiger partial charge is 0.356 e. The molecule has 3 amide bonds. The Labute approximate surface area is 160 Å². The molecule has 1 aromatic heterocycles. The number of fused-ring (bicyclic) bond motifs is 3. The zero-order chi connectivity index (χ0) is 19.1. The molecule has 1 aliphatic rings. The van der Waals surface area contributed by atoms with Gasteiger partial charge >= 0.3 is 6.03 Å². The minimum absolute atomic E-state index is 0.0960. The fourth-order valence-electron chi connectivity index (χ4n) is 3.35. The highest BCUT2D eigenvalue weighted by molar-refractivity contribution is 5.93. The zero-order valence-electron chi connectivity index (χ0n) is 16.0. The van der Waals surface area contributed by atoms with E-state index in [1.165, 1.54) is 0 Å². The number of amides is 3. The quantitative estimate of drug-likeness (QED) is 0.665. The van der Waals surface area contributed by atoms with Crippen LogP contribution in [0.15, 0.2) is 24.3 Å². The van der Waals surface area contributed by atoms with Crippen molar-refractivity contribution in [1.29, 1.82) is 0 Å². The van der Waals surface area contributed by atoms with E-state index in [1.807, 2.05) is 24.3 Å². The first-order valence-corrected chi connectivity index (χ1v) is 9.98. The van der Waals surface area contributed by atoms with E-state index in [4.69, 9.17) is 0 Å². The third-order valence-electron chi connectivity index (χ3n) is 4.88. The number of benzene rings is 1. The lowest BCUT2D eigenvalue weighted by atomic mass is 10.2. The van der Waals surface area contributed by atoms with Crippen molar-refractivity contribution in [2.75, 3.05) is 24.5 Å². The van der Waals surface area contributed by atoms with Crippen LogP contribution in [0.3, 0.4) is 0 Å². The molecular weight excluding hydrogens is 342 g/mol. The van der Waals surface area contributed by atoms with Crippen LogP contribution >= 0.6 is 0 Å². The van der Waals surface area contributed by atoms with E-state index in [0.29, 0.717) is 19.5 Å². The van der Waals surface area contributed by atoms with Crippen LogP contribution in [-0.4, -0.2) is 41.1 Å². The summed E-state index contributed by atoms with van der Waals surface area (Å²) in [5.41, 5.74) is 1.99. The Balaban J connectivity index is 1.36. The molecule has 2 heterocycles. The number of nitrogens with one attached hydrogen (secondary N) is 2. The summed E-state index contributed by atoms with van der Waals surface area (Å²) >= 11 is 0. The maximum absolute atomic E-state index is 12.5. The van der Waals surface area contributed by atoms with Crippen molar-refractivity contribution in [3.8, 4) is 0 Å². The Bertz CT molecular complexity index is 786. The standard InChI is InChI=1S/C20H29N5O2/c1-2-3-12-21-18(26)11-5-4-8-13-22-20(27)25-15-14-24-17-10-7-6-9-16(17)23-19(24)25/h6-7,9-10H,2-5,8,11-15H2,1H3,(H,21,26)(H,22,27). The molecule has 0 saturated heterocycles. The van der Waals surface area contributed by atoms with Gasteiger partial charge < -0.3 is 15.2 Å². The summed E-state index contributed by atoms with van der Waals surface area (Å²) in [5, 5.41) is 5.90. The lowest BCUT2D eigenvalue weighted by Gasteiger charge is -2.15. The smallest absolute Gasteiger partial charge is 0.324 e. The molecule has 0 radical (unpaired) electrons. The van der Waals surface area contributed by atoms with Crippen LogP contribution in [0.1, 0.15) is 45.4 Å². The summed E-state index contributed by atoms with van der Waals surface area (Å²) < 4.78 is 2.09. The molecule has 7 nitrogen and oxygen atoms in total. The first kappa shape index (κ1) is 19.2. The number of imidazole rings is 1. The van der Waals surface area contributed by atoms with Crippen molar-refractivity contribution in [3.05, 3.63) is 24.3 Å². The monoisotopic (exact) mass is 371 g/mol. The molecule has 0 spiro atoms. The zero-order valence-corrected chi connectivity index (χ0v) is 16.0. The number of carbonyl (C=O) groups excluding carboxylic acids is 2. The Kier molecular flexibility index (Phi) is 6.68. The van der Waals surface area contributed by atoms with Gasteiger partial charge in [-0.25, -0.2) is 9.78 Å². The predicted octanol–water partition coefficient (Wildman–Crippen LogP) is 3.04. The molecule has 1 aliphatic heterocycles. The van der Waals surface area contributed by atoms with E-state index >= 15 is 0 Å². The maximum Gasteiger partial charge on any atom is 0.324 e. The van der Waals surface area contributed by atoms with E-state index in [9.17, 15) is 9.59 Å². The molecule has 2 N–H and O–H groups in total. The Morgan fingerprint density at radius 3 is 2.70 bits per heavy atom. The molecule has 2 aromatic rings. The van der Waals surface area contributed by atoms with E-state index in [1.54, 1.807) is 4.90 Å². The van der Waals surface area contributed by atoms with E-state index in [-0.39, 0.29) is 11.9 Å². The molecule has 3 rings (SSSR count). The van der Waals surface area contributed by atoms with E-state index in [0.717, 1.165) is 62.2 Å². The summed E-state index contributed by atoms with van der Waals surface area (Å²) in [4.78, 5) is 30.4. The van der Waals surface area contributed by atoms with Gasteiger partial charge in [-0.2, -0.15) is 0 Å². The number of rotatable bonds is 9. The van der Waals surface area contributed by atoms with Crippen molar-refractivity contribution in [3.63, 3.8) is 0 Å². The van der Waals surface area contributed by atoms with Crippen LogP contribution in [0.5, 0.6) is 0 Å². The van der Waals surface area contributed by atoms with Crippen LogP contribution in [0.4, 0.5) is 10.7 Å². The average molecular weight is 371 g/mol. The van der Waals surface area contributed by atoms with E-state index in [2.05, 4.69) is 27.1 Å². The van der Waals surface area contributed by atoms with Gasteiger partial charge in [0.05, 0.1) is 11.0 Å². The summed E-state index contributed by atoms with van der Waals surface area (Å²) in [6.07, 6.45) is 5.34. The highest BCUT2D eigenvalue weighted by Crippen LogP contribution is 2.26. The molecule has 0 bridgehead atoms. The van der Waals surface area contributed by atoms with Gasteiger partial charge in [0.25, 0.3) is 0 Å². The van der Waals surface area contributed by atoms with Gasteiger partial charge in [-0.3, -0.25) is 9.69 Å².